The zero-order valence-electron chi connectivity index (χ0n) is 1.12. The van der Waals surface area contributed by atoms with Gasteiger partial charge in [0.05, 0.1) is 0 Å². The van der Waals surface area contributed by atoms with Gasteiger partial charge in [-0.1, -0.05) is 0 Å². The Labute approximate surface area is 94.4 Å². The van der Waals surface area contributed by atoms with Gasteiger partial charge < -0.3 is 0 Å². The fourth-order valence-electron chi connectivity index (χ4n) is 0. The first-order valence-corrected chi connectivity index (χ1v) is 0. The fraction of sp³-hybridized carbons (Fsp3) is 0. The predicted molar refractivity (Wildman–Crippen MR) is 17.1 cm³/mol. The molecule has 0 atom stereocenters. The van der Waals surface area contributed by atoms with E-state index in [4.69, 9.17) is 0 Å². The molecule has 0 aliphatic heterocycles. The van der Waals surface area contributed by atoms with Gasteiger partial charge in [0.15, 0.2) is 17.4 Å². The van der Waals surface area contributed by atoms with Crippen molar-refractivity contribution in [3.05, 3.63) is 0 Å². The molecule has 0 unspecified atom stereocenters. The second kappa shape index (κ2) is 27.9. The van der Waals surface area contributed by atoms with E-state index >= 15 is 0 Å². The molecule has 0 aromatic carbocycles. The molecular formula is H4AlCuLiNiZr. The van der Waals surface area contributed by atoms with Crippen LogP contribution in [0.4, 0.5) is 0 Å². The second-order valence-corrected chi connectivity index (χ2v) is 0. The maximum atomic E-state index is 0. The van der Waals surface area contributed by atoms with Crippen LogP contribution in [0, 0.1) is 0 Å². The van der Waals surface area contributed by atoms with Crippen molar-refractivity contribution < 1.29 is 59.8 Å². The Hall–Kier alpha value is 3.03. The Morgan fingerprint density at radius 3 is 1.00 bits per heavy atom. The van der Waals surface area contributed by atoms with Gasteiger partial charge in [-0.05, 0) is 0 Å². The fourth-order valence-corrected chi connectivity index (χ4v) is 0. The molecule has 1 radical (unpaired) electrons. The minimum absolute atomic E-state index is 0. The van der Waals surface area contributed by atoms with E-state index < -0.39 is 0 Å². The van der Waals surface area contributed by atoms with Crippen LogP contribution in [-0.4, -0.2) is 36.2 Å². The van der Waals surface area contributed by atoms with Crippen molar-refractivity contribution in [3.8, 4) is 0 Å². The van der Waals surface area contributed by atoms with E-state index in [0.717, 1.165) is 0 Å². The summed E-state index contributed by atoms with van der Waals surface area (Å²) < 4.78 is 0. The molecule has 0 fully saturated rings. The molecule has 5 heteroatoms. The van der Waals surface area contributed by atoms with Gasteiger partial charge in [0, 0.05) is 59.8 Å². The molecule has 33 valence electrons. The summed E-state index contributed by atoms with van der Waals surface area (Å²) in [5.74, 6) is 0. The van der Waals surface area contributed by atoms with Crippen LogP contribution in [0.3, 0.4) is 0 Å². The Kier molecular flexibility index (Phi) is 241. The van der Waals surface area contributed by atoms with E-state index in [-0.39, 0.29) is 96.0 Å². The van der Waals surface area contributed by atoms with Crippen LogP contribution in [0.25, 0.3) is 0 Å². The maximum Gasteiger partial charge on any atom is 0 e. The first kappa shape index (κ1) is 43.3. The largest absolute Gasteiger partial charge is 0 e. The summed E-state index contributed by atoms with van der Waals surface area (Å²) in [4.78, 5) is 0. The molecule has 0 saturated carbocycles. The number of hydrogen-bond donors (Lipinski definition) is 0. The Morgan fingerprint density at radius 2 is 1.00 bits per heavy atom. The van der Waals surface area contributed by atoms with Gasteiger partial charge in [0.1, 0.15) is 0 Å². The van der Waals surface area contributed by atoms with Crippen LogP contribution in [0.5, 0.6) is 0 Å². The van der Waals surface area contributed by atoms with Crippen molar-refractivity contribution in [1.82, 2.24) is 0 Å². The van der Waals surface area contributed by atoms with Crippen molar-refractivity contribution in [3.63, 3.8) is 0 Å². The van der Waals surface area contributed by atoms with Crippen LogP contribution >= 0.6 is 0 Å². The third-order valence-corrected chi connectivity index (χ3v) is 0. The van der Waals surface area contributed by atoms with Crippen LogP contribution in [-0.2, 0) is 59.8 Å². The van der Waals surface area contributed by atoms with Gasteiger partial charge in [0.25, 0.3) is 0 Å². The number of rotatable bonds is 0. The van der Waals surface area contributed by atoms with Crippen molar-refractivity contribution in [1.29, 1.82) is 0 Å². The average Bonchev–Trinajstić information content (AvgIpc) is 0. The topological polar surface area (TPSA) is 0 Å². The first-order valence-electron chi connectivity index (χ1n) is 0. The van der Waals surface area contributed by atoms with Crippen LogP contribution < -0.4 is 0 Å². The molecule has 0 bridgehead atoms. The quantitative estimate of drug-likeness (QED) is 0.444. The normalized spacial score (nSPS) is 0. The molecule has 0 saturated heterocycles. The third kappa shape index (κ3) is 19.4. The second-order valence-electron chi connectivity index (χ2n) is 0. The molecule has 0 heterocycles. The summed E-state index contributed by atoms with van der Waals surface area (Å²) >= 11 is 0. The van der Waals surface area contributed by atoms with Gasteiger partial charge in [-0.3, -0.25) is 0 Å². The van der Waals surface area contributed by atoms with Gasteiger partial charge in [-0.2, -0.15) is 0 Å². The average molecular weight is 251 g/mol. The Bertz CT molecular complexity index is 11.6. The summed E-state index contributed by atoms with van der Waals surface area (Å²) in [7, 11) is 0. The Balaban J connectivity index is 0. The van der Waals surface area contributed by atoms with Gasteiger partial charge >= 0.3 is 18.9 Å². The van der Waals surface area contributed by atoms with E-state index in [1.165, 1.54) is 0 Å². The van der Waals surface area contributed by atoms with Gasteiger partial charge in [-0.25, -0.2) is 0 Å². The molecule has 0 N–H and O–H groups in total. The monoisotopic (exact) mass is 249 g/mol. The SMILES string of the molecule is [AlH3].[Cu].[LiH].[Ni].[Zr]. The predicted octanol–water partition coefficient (Wildman–Crippen LogP) is -1.84. The van der Waals surface area contributed by atoms with E-state index in [2.05, 4.69) is 0 Å². The summed E-state index contributed by atoms with van der Waals surface area (Å²) in [6.07, 6.45) is 0. The summed E-state index contributed by atoms with van der Waals surface area (Å²) in [6.45, 7) is 0. The molecule has 0 spiro atoms. The smallest absolute Gasteiger partial charge is 0 e. The number of hydrogen-bond acceptors (Lipinski definition) is 0. The molecule has 0 aliphatic carbocycles. The van der Waals surface area contributed by atoms with E-state index in [1.807, 2.05) is 0 Å². The zero-order chi connectivity index (χ0) is 0. The van der Waals surface area contributed by atoms with Crippen LogP contribution in [0.1, 0.15) is 0 Å². The molecular weight excluding hydrogens is 247 g/mol. The van der Waals surface area contributed by atoms with Crippen LogP contribution in [0.15, 0.2) is 0 Å². The van der Waals surface area contributed by atoms with E-state index in [9.17, 15) is 0 Å². The minimum Gasteiger partial charge on any atom is 0 e. The van der Waals surface area contributed by atoms with Crippen LogP contribution in [0.2, 0.25) is 0 Å². The zero-order valence-corrected chi connectivity index (χ0v) is 5.51. The molecule has 0 aromatic rings. The summed E-state index contributed by atoms with van der Waals surface area (Å²) in [6, 6.07) is 0. The van der Waals surface area contributed by atoms with Crippen molar-refractivity contribution >= 4 is 36.2 Å². The third-order valence-electron chi connectivity index (χ3n) is 0. The molecule has 0 nitrogen and oxygen atoms in total. The summed E-state index contributed by atoms with van der Waals surface area (Å²) in [5.41, 5.74) is 0. The minimum atomic E-state index is 0. The van der Waals surface area contributed by atoms with Gasteiger partial charge in [-0.15, -0.1) is 0 Å². The van der Waals surface area contributed by atoms with Crippen molar-refractivity contribution in [2.45, 2.75) is 0 Å². The molecule has 0 rings (SSSR count). The molecule has 0 aliphatic rings. The van der Waals surface area contributed by atoms with Gasteiger partial charge in [0.2, 0.25) is 0 Å². The first-order chi connectivity index (χ1) is 0. The van der Waals surface area contributed by atoms with Crippen molar-refractivity contribution in [2.24, 2.45) is 0 Å². The molecule has 0 amide bonds. The Morgan fingerprint density at radius 1 is 1.00 bits per heavy atom. The molecule has 5 heavy (non-hydrogen) atoms. The van der Waals surface area contributed by atoms with Crippen molar-refractivity contribution in [2.75, 3.05) is 0 Å². The standard InChI is InChI=1S/Al.Cu.Li.Ni.Zr.4H. The summed E-state index contributed by atoms with van der Waals surface area (Å²) in [5, 5.41) is 0. The van der Waals surface area contributed by atoms with E-state index in [1.54, 1.807) is 0 Å². The maximum absolute atomic E-state index is 0. The van der Waals surface area contributed by atoms with E-state index in [0.29, 0.717) is 0 Å². The molecule has 0 aromatic heterocycles.